The maximum atomic E-state index is 12.2. The molecule has 0 aliphatic heterocycles. The van der Waals surface area contributed by atoms with Gasteiger partial charge in [0, 0.05) is 11.8 Å². The van der Waals surface area contributed by atoms with Gasteiger partial charge in [0.1, 0.15) is 0 Å². The van der Waals surface area contributed by atoms with Crippen LogP contribution in [0.5, 0.6) is 0 Å². The Morgan fingerprint density at radius 1 is 1.36 bits per heavy atom. The fourth-order valence-corrected chi connectivity index (χ4v) is 5.47. The van der Waals surface area contributed by atoms with Crippen LogP contribution in [0, 0.1) is 29.1 Å². The Kier molecular flexibility index (Phi) is 3.57. The predicted octanol–water partition coefficient (Wildman–Crippen LogP) is 2.66. The lowest BCUT2D eigenvalue weighted by Gasteiger charge is -2.33. The standard InChI is InChI=1S/C18H26O4/c1-2-18-6-5-11(9-18)7-15(18)21-10-22-17(20)14-8-12-3-4-13(14)16(12)19/h3-4,11-16,19H,2,5-10H2,1H3. The molecule has 0 saturated heterocycles. The molecule has 0 spiro atoms. The van der Waals surface area contributed by atoms with Crippen molar-refractivity contribution < 1.29 is 19.4 Å². The summed E-state index contributed by atoms with van der Waals surface area (Å²) in [5.74, 6) is 0.504. The van der Waals surface area contributed by atoms with Crippen LogP contribution in [-0.4, -0.2) is 30.1 Å². The van der Waals surface area contributed by atoms with Gasteiger partial charge in [-0.25, -0.2) is 0 Å². The first kappa shape index (κ1) is 14.7. The highest BCUT2D eigenvalue weighted by molar-refractivity contribution is 5.74. The van der Waals surface area contributed by atoms with Crippen LogP contribution in [0.2, 0.25) is 0 Å². The molecule has 4 bridgehead atoms. The number of hydrogen-bond acceptors (Lipinski definition) is 4. The zero-order valence-corrected chi connectivity index (χ0v) is 13.2. The molecular formula is C18H26O4. The second-order valence-electron chi connectivity index (χ2n) is 7.76. The largest absolute Gasteiger partial charge is 0.438 e. The number of aliphatic hydroxyl groups excluding tert-OH is 1. The molecule has 0 heterocycles. The van der Waals surface area contributed by atoms with Crippen molar-refractivity contribution in [1.29, 1.82) is 0 Å². The zero-order chi connectivity index (χ0) is 15.3. The molecule has 0 aromatic heterocycles. The highest BCUT2D eigenvalue weighted by Crippen LogP contribution is 2.57. The Hall–Kier alpha value is -0.870. The zero-order valence-electron chi connectivity index (χ0n) is 13.2. The Morgan fingerprint density at radius 2 is 2.23 bits per heavy atom. The average Bonchev–Trinajstić information content (AvgIpc) is 3.27. The number of fused-ring (bicyclic) bond motifs is 4. The lowest BCUT2D eigenvalue weighted by molar-refractivity contribution is -0.173. The summed E-state index contributed by atoms with van der Waals surface area (Å²) in [4.78, 5) is 12.2. The molecule has 0 aromatic carbocycles. The van der Waals surface area contributed by atoms with E-state index in [-0.39, 0.29) is 36.6 Å². The quantitative estimate of drug-likeness (QED) is 0.482. The van der Waals surface area contributed by atoms with Crippen LogP contribution in [0.3, 0.4) is 0 Å². The molecule has 3 saturated carbocycles. The Labute approximate surface area is 131 Å². The summed E-state index contributed by atoms with van der Waals surface area (Å²) in [6, 6.07) is 0. The second kappa shape index (κ2) is 5.34. The SMILES string of the molecule is CCC12CCC(CC1OCOC(=O)C1CC3C=CC1C3O)C2. The summed E-state index contributed by atoms with van der Waals surface area (Å²) in [7, 11) is 0. The molecule has 0 aromatic rings. The van der Waals surface area contributed by atoms with Gasteiger partial charge in [0.2, 0.25) is 0 Å². The third-order valence-corrected chi connectivity index (χ3v) is 6.86. The van der Waals surface area contributed by atoms with Crippen molar-refractivity contribution in [3.8, 4) is 0 Å². The fourth-order valence-electron chi connectivity index (χ4n) is 5.47. The molecular weight excluding hydrogens is 280 g/mol. The molecule has 122 valence electrons. The first-order chi connectivity index (χ1) is 10.6. The van der Waals surface area contributed by atoms with Gasteiger partial charge in [-0.2, -0.15) is 0 Å². The van der Waals surface area contributed by atoms with Crippen molar-refractivity contribution in [3.63, 3.8) is 0 Å². The summed E-state index contributed by atoms with van der Waals surface area (Å²) < 4.78 is 11.3. The summed E-state index contributed by atoms with van der Waals surface area (Å²) in [5, 5.41) is 9.98. The lowest BCUT2D eigenvalue weighted by atomic mass is 9.79. The molecule has 1 N–H and O–H groups in total. The van der Waals surface area contributed by atoms with Gasteiger partial charge in [-0.05, 0) is 49.9 Å². The van der Waals surface area contributed by atoms with Crippen LogP contribution in [0.1, 0.15) is 45.4 Å². The molecule has 7 unspecified atom stereocenters. The maximum Gasteiger partial charge on any atom is 0.311 e. The molecule has 4 aliphatic carbocycles. The summed E-state index contributed by atoms with van der Waals surface area (Å²) in [5.41, 5.74) is 0.336. The van der Waals surface area contributed by atoms with Gasteiger partial charge in [0.05, 0.1) is 18.1 Å². The normalized spacial score (nSPS) is 48.3. The van der Waals surface area contributed by atoms with E-state index in [1.807, 2.05) is 12.2 Å². The molecule has 4 nitrogen and oxygen atoms in total. The van der Waals surface area contributed by atoms with E-state index in [0.29, 0.717) is 11.8 Å². The fraction of sp³-hybridized carbons (Fsp3) is 0.833. The van der Waals surface area contributed by atoms with E-state index < -0.39 is 6.10 Å². The number of carbonyl (C=O) groups excluding carboxylic acids is 1. The van der Waals surface area contributed by atoms with Crippen LogP contribution < -0.4 is 0 Å². The number of aliphatic hydroxyl groups is 1. The topological polar surface area (TPSA) is 55.8 Å². The summed E-state index contributed by atoms with van der Waals surface area (Å²) >= 11 is 0. The van der Waals surface area contributed by atoms with Crippen molar-refractivity contribution in [2.24, 2.45) is 29.1 Å². The first-order valence-corrected chi connectivity index (χ1v) is 8.77. The van der Waals surface area contributed by atoms with Gasteiger partial charge in [-0.15, -0.1) is 0 Å². The van der Waals surface area contributed by atoms with Crippen LogP contribution in [-0.2, 0) is 14.3 Å². The van der Waals surface area contributed by atoms with E-state index in [1.165, 1.54) is 19.3 Å². The monoisotopic (exact) mass is 306 g/mol. The summed E-state index contributed by atoms with van der Waals surface area (Å²) in [6.07, 6.45) is 10.7. The highest BCUT2D eigenvalue weighted by Gasteiger charge is 2.52. The second-order valence-corrected chi connectivity index (χ2v) is 7.76. The van der Waals surface area contributed by atoms with Crippen molar-refractivity contribution in [3.05, 3.63) is 12.2 Å². The number of ether oxygens (including phenoxy) is 2. The van der Waals surface area contributed by atoms with Crippen molar-refractivity contribution in [2.75, 3.05) is 6.79 Å². The van der Waals surface area contributed by atoms with Crippen molar-refractivity contribution in [2.45, 2.75) is 57.7 Å². The molecule has 3 fully saturated rings. The van der Waals surface area contributed by atoms with E-state index >= 15 is 0 Å². The minimum absolute atomic E-state index is 0.0537. The number of carbonyl (C=O) groups is 1. The Bertz CT molecular complexity index is 487. The lowest BCUT2D eigenvalue weighted by Crippen LogP contribution is -2.33. The smallest absolute Gasteiger partial charge is 0.311 e. The van der Waals surface area contributed by atoms with Crippen LogP contribution in [0.15, 0.2) is 12.2 Å². The third-order valence-electron chi connectivity index (χ3n) is 6.86. The van der Waals surface area contributed by atoms with Gasteiger partial charge in [-0.3, -0.25) is 4.79 Å². The molecule has 4 heteroatoms. The predicted molar refractivity (Wildman–Crippen MR) is 80.7 cm³/mol. The van der Waals surface area contributed by atoms with E-state index in [9.17, 15) is 9.90 Å². The Balaban J connectivity index is 1.28. The molecule has 4 rings (SSSR count). The Morgan fingerprint density at radius 3 is 2.86 bits per heavy atom. The van der Waals surface area contributed by atoms with Crippen molar-refractivity contribution >= 4 is 5.97 Å². The van der Waals surface area contributed by atoms with Crippen LogP contribution in [0.4, 0.5) is 0 Å². The van der Waals surface area contributed by atoms with Crippen LogP contribution >= 0.6 is 0 Å². The number of rotatable bonds is 5. The van der Waals surface area contributed by atoms with Gasteiger partial charge in [-0.1, -0.05) is 19.1 Å². The van der Waals surface area contributed by atoms with Crippen LogP contribution in [0.25, 0.3) is 0 Å². The minimum Gasteiger partial charge on any atom is -0.438 e. The molecule has 4 aliphatic rings. The van der Waals surface area contributed by atoms with E-state index in [4.69, 9.17) is 9.47 Å². The van der Waals surface area contributed by atoms with Gasteiger partial charge in [0.25, 0.3) is 0 Å². The number of hydrogen-bond donors (Lipinski definition) is 1. The number of esters is 1. The summed E-state index contributed by atoms with van der Waals surface area (Å²) in [6.45, 7) is 2.32. The molecule has 0 radical (unpaired) electrons. The van der Waals surface area contributed by atoms with Gasteiger partial charge < -0.3 is 14.6 Å². The molecule has 0 amide bonds. The van der Waals surface area contributed by atoms with E-state index in [1.54, 1.807) is 0 Å². The van der Waals surface area contributed by atoms with E-state index in [0.717, 1.165) is 18.8 Å². The highest BCUT2D eigenvalue weighted by atomic mass is 16.7. The van der Waals surface area contributed by atoms with Gasteiger partial charge >= 0.3 is 5.97 Å². The molecule has 7 atom stereocenters. The molecule has 22 heavy (non-hydrogen) atoms. The minimum atomic E-state index is -0.396. The van der Waals surface area contributed by atoms with Crippen molar-refractivity contribution in [1.82, 2.24) is 0 Å². The van der Waals surface area contributed by atoms with E-state index in [2.05, 4.69) is 6.92 Å². The van der Waals surface area contributed by atoms with Gasteiger partial charge in [0.15, 0.2) is 6.79 Å². The first-order valence-electron chi connectivity index (χ1n) is 8.77. The maximum absolute atomic E-state index is 12.2. The third kappa shape index (κ3) is 2.15. The average molecular weight is 306 g/mol.